The number of alkyl halides is 1. The number of nitrogens with one attached hydrogen (secondary N) is 1. The Bertz CT molecular complexity index is 2150. The summed E-state index contributed by atoms with van der Waals surface area (Å²) in [5.74, 6) is 1.61. The lowest BCUT2D eigenvalue weighted by molar-refractivity contribution is -0.120. The topological polar surface area (TPSA) is 88.2 Å². The number of carbonyl (C=O) groups excluding carboxylic acids is 1. The molecule has 1 aliphatic heterocycles. The fraction of sp³-hybridized carbons (Fsp3) is 0.413. The molecule has 3 aliphatic rings. The van der Waals surface area contributed by atoms with E-state index in [0.717, 1.165) is 78.0 Å². The van der Waals surface area contributed by atoms with Crippen LogP contribution in [0.25, 0.3) is 16.0 Å². The number of ether oxygens (including phenoxy) is 3. The molecule has 2 fully saturated rings. The first-order valence-electron chi connectivity index (χ1n) is 19.9. The third kappa shape index (κ3) is 9.94. The number of nitrogens with zero attached hydrogens (tertiary/aromatic N) is 3. The van der Waals surface area contributed by atoms with Crippen LogP contribution in [0.2, 0.25) is 5.02 Å². The maximum Gasteiger partial charge on any atom is 0.188 e. The molecule has 296 valence electrons. The maximum absolute atomic E-state index is 15.5. The molecular formula is C46H47ClF2N4O4. The van der Waals surface area contributed by atoms with E-state index < -0.39 is 12.3 Å². The van der Waals surface area contributed by atoms with E-state index in [-0.39, 0.29) is 24.2 Å². The van der Waals surface area contributed by atoms with Crippen LogP contribution in [0.4, 0.5) is 14.5 Å². The van der Waals surface area contributed by atoms with Crippen LogP contribution in [0.3, 0.4) is 0 Å². The smallest absolute Gasteiger partial charge is 0.188 e. The van der Waals surface area contributed by atoms with Gasteiger partial charge in [-0.25, -0.2) is 13.6 Å². The summed E-state index contributed by atoms with van der Waals surface area (Å²) >= 11 is 6.91. The van der Waals surface area contributed by atoms with Crippen LogP contribution < -0.4 is 19.5 Å². The first-order valence-corrected chi connectivity index (χ1v) is 20.2. The van der Waals surface area contributed by atoms with E-state index in [1.165, 1.54) is 6.07 Å². The van der Waals surface area contributed by atoms with Crippen LogP contribution in [0.5, 0.6) is 17.2 Å². The van der Waals surface area contributed by atoms with Crippen molar-refractivity contribution >= 4 is 23.1 Å². The first-order chi connectivity index (χ1) is 27.7. The monoisotopic (exact) mass is 792 g/mol. The molecule has 0 bridgehead atoms. The van der Waals surface area contributed by atoms with Crippen LogP contribution in [-0.4, -0.2) is 49.1 Å². The fourth-order valence-corrected chi connectivity index (χ4v) is 8.44. The van der Waals surface area contributed by atoms with Gasteiger partial charge in [0.2, 0.25) is 0 Å². The first kappa shape index (κ1) is 40.2. The summed E-state index contributed by atoms with van der Waals surface area (Å²) in [6, 6.07) is 19.8. The number of Topliss-reactive ketones (excluding diaryl/α,β-unsaturated/α-hetero) is 1. The Hall–Kier alpha value is -5.00. The third-order valence-electron chi connectivity index (χ3n) is 11.4. The van der Waals surface area contributed by atoms with E-state index in [9.17, 15) is 14.4 Å². The Morgan fingerprint density at radius 1 is 0.965 bits per heavy atom. The number of halogens is 3. The molecule has 11 heteroatoms. The zero-order valence-electron chi connectivity index (χ0n) is 32.2. The number of likely N-dealkylation sites (tertiary alicyclic amines) is 1. The second kappa shape index (κ2) is 18.5. The van der Waals surface area contributed by atoms with Crippen molar-refractivity contribution in [3.8, 4) is 34.4 Å². The van der Waals surface area contributed by atoms with E-state index in [2.05, 4.69) is 21.1 Å². The summed E-state index contributed by atoms with van der Waals surface area (Å²) in [5, 5.41) is 13.4. The van der Waals surface area contributed by atoms with Gasteiger partial charge in [0.05, 0.1) is 24.3 Å². The molecule has 7 rings (SSSR count). The van der Waals surface area contributed by atoms with Gasteiger partial charge in [0, 0.05) is 62.3 Å². The highest BCUT2D eigenvalue weighted by Crippen LogP contribution is 2.45. The van der Waals surface area contributed by atoms with Gasteiger partial charge in [-0.2, -0.15) is 5.26 Å². The predicted molar refractivity (Wildman–Crippen MR) is 216 cm³/mol. The second-order valence-electron chi connectivity index (χ2n) is 15.3. The normalized spacial score (nSPS) is 17.5. The minimum Gasteiger partial charge on any atom is -0.493 e. The number of fused-ring (bicyclic) bond motifs is 1. The van der Waals surface area contributed by atoms with E-state index >= 15 is 4.39 Å². The van der Waals surface area contributed by atoms with E-state index in [4.69, 9.17) is 32.4 Å². The highest BCUT2D eigenvalue weighted by Gasteiger charge is 2.30. The van der Waals surface area contributed by atoms with Crippen molar-refractivity contribution in [3.63, 3.8) is 0 Å². The number of carbonyl (C=O) groups is 1. The number of hydrogen-bond acceptors (Lipinski definition) is 7. The molecule has 0 radical (unpaired) electrons. The lowest BCUT2D eigenvalue weighted by atomic mass is 9.93. The van der Waals surface area contributed by atoms with Gasteiger partial charge in [0.1, 0.15) is 47.7 Å². The summed E-state index contributed by atoms with van der Waals surface area (Å²) in [4.78, 5) is 17.6. The molecule has 0 aromatic heterocycles. The Morgan fingerprint density at radius 3 is 2.54 bits per heavy atom. The van der Waals surface area contributed by atoms with Crippen LogP contribution >= 0.6 is 11.6 Å². The fourth-order valence-electron chi connectivity index (χ4n) is 8.21. The molecule has 2 aliphatic carbocycles. The SMILES string of the molecule is [C-]#[N+]c1cc(C#N)cc(COc2cc(O[C@H]3CCc4c(-c5cccc(OCCCN6CCC(F)CC6)c5C)cc(F)cc43)c(Cl)cc2CNC2CCC(=O)CC2)c1. The van der Waals surface area contributed by atoms with Crippen molar-refractivity contribution in [1.29, 1.82) is 5.26 Å². The van der Waals surface area contributed by atoms with Crippen molar-refractivity contribution in [2.75, 3.05) is 26.2 Å². The van der Waals surface area contributed by atoms with Gasteiger partial charge >= 0.3 is 0 Å². The average Bonchev–Trinajstić information content (AvgIpc) is 3.62. The third-order valence-corrected chi connectivity index (χ3v) is 11.7. The molecule has 0 spiro atoms. The van der Waals surface area contributed by atoms with Crippen LogP contribution in [0.1, 0.15) is 90.9 Å². The molecule has 0 unspecified atom stereocenters. The van der Waals surface area contributed by atoms with Crippen molar-refractivity contribution in [1.82, 2.24) is 10.2 Å². The summed E-state index contributed by atoms with van der Waals surface area (Å²) < 4.78 is 48.3. The summed E-state index contributed by atoms with van der Waals surface area (Å²) in [7, 11) is 0. The number of nitriles is 1. The summed E-state index contributed by atoms with van der Waals surface area (Å²) in [6.07, 6.45) is 4.83. The molecule has 0 amide bonds. The van der Waals surface area contributed by atoms with E-state index in [0.29, 0.717) is 85.0 Å². The largest absolute Gasteiger partial charge is 0.493 e. The molecule has 1 saturated heterocycles. The van der Waals surface area contributed by atoms with Gasteiger partial charge in [0.25, 0.3) is 0 Å². The molecule has 1 N–H and O–H groups in total. The number of benzene rings is 4. The van der Waals surface area contributed by atoms with Gasteiger partial charge in [-0.3, -0.25) is 4.79 Å². The summed E-state index contributed by atoms with van der Waals surface area (Å²) in [5.41, 5.74) is 6.64. The molecular weight excluding hydrogens is 746 g/mol. The highest BCUT2D eigenvalue weighted by molar-refractivity contribution is 6.32. The Kier molecular flexibility index (Phi) is 13.1. The quantitative estimate of drug-likeness (QED) is 0.100. The Balaban J connectivity index is 1.09. The molecule has 1 saturated carbocycles. The molecule has 4 aromatic carbocycles. The highest BCUT2D eigenvalue weighted by atomic mass is 35.5. The van der Waals surface area contributed by atoms with Crippen LogP contribution in [0.15, 0.2) is 60.7 Å². The number of piperidine rings is 1. The second-order valence-corrected chi connectivity index (χ2v) is 15.7. The van der Waals surface area contributed by atoms with Gasteiger partial charge in [0.15, 0.2) is 5.69 Å². The molecule has 1 heterocycles. The Morgan fingerprint density at radius 2 is 1.77 bits per heavy atom. The van der Waals surface area contributed by atoms with Gasteiger partial charge < -0.3 is 24.4 Å². The van der Waals surface area contributed by atoms with Crippen LogP contribution in [-0.2, 0) is 24.4 Å². The number of ketones is 1. The molecule has 4 aromatic rings. The minimum atomic E-state index is -0.687. The van der Waals surface area contributed by atoms with Gasteiger partial charge in [-0.15, -0.1) is 0 Å². The van der Waals surface area contributed by atoms with Crippen LogP contribution in [0, 0.1) is 30.6 Å². The number of rotatable bonds is 14. The predicted octanol–water partition coefficient (Wildman–Crippen LogP) is 10.3. The van der Waals surface area contributed by atoms with Gasteiger partial charge in [-0.05, 0) is 128 Å². The zero-order chi connectivity index (χ0) is 39.9. The number of hydrogen-bond donors (Lipinski definition) is 1. The molecule has 1 atom stereocenters. The van der Waals surface area contributed by atoms with Gasteiger partial charge in [-0.1, -0.05) is 23.7 Å². The lowest BCUT2D eigenvalue weighted by Crippen LogP contribution is -2.35. The van der Waals surface area contributed by atoms with E-state index in [1.807, 2.05) is 31.2 Å². The molecule has 57 heavy (non-hydrogen) atoms. The van der Waals surface area contributed by atoms with E-state index in [1.54, 1.807) is 30.3 Å². The summed E-state index contributed by atoms with van der Waals surface area (Å²) in [6.45, 7) is 13.0. The van der Waals surface area contributed by atoms with Crippen molar-refractivity contribution < 1.29 is 27.8 Å². The van der Waals surface area contributed by atoms with Crippen molar-refractivity contribution in [2.24, 2.45) is 0 Å². The Labute approximate surface area is 338 Å². The lowest BCUT2D eigenvalue weighted by Gasteiger charge is -2.28. The van der Waals surface area contributed by atoms with Crippen molar-refractivity contribution in [3.05, 3.63) is 116 Å². The average molecular weight is 793 g/mol. The minimum absolute atomic E-state index is 0.103. The molecule has 8 nitrogen and oxygen atoms in total. The standard InChI is InChI=1S/C46H47ClF2N4O4/c1-29-38(5-3-6-43(29)55-18-4-15-53-16-13-33(48)14-17-53)40-23-34(49)24-41-39(40)11-12-44(41)57-46-25-45(56-28-31-19-30(26-50)20-36(21-31)51-2)32(22-42(46)47)27-52-35-7-9-37(54)10-8-35/h3,5-6,19-25,33,35,44,52H,4,7-18,27-28H2,1H3/t44-/m0/s1. The van der Waals surface area contributed by atoms with Crippen molar-refractivity contribution in [2.45, 2.75) is 96.2 Å². The maximum atomic E-state index is 15.5. The zero-order valence-corrected chi connectivity index (χ0v) is 33.0.